The van der Waals surface area contributed by atoms with E-state index >= 15 is 0 Å². The number of nitrogens with one attached hydrogen (secondary N) is 1. The Labute approximate surface area is 445 Å². The second-order valence-corrected chi connectivity index (χ2v) is 19.3. The van der Waals surface area contributed by atoms with E-state index in [0.29, 0.717) is 12.8 Å². The summed E-state index contributed by atoms with van der Waals surface area (Å²) in [5.74, 6) is -0.266. The predicted molar refractivity (Wildman–Crippen MR) is 295 cm³/mol. The molecule has 12 unspecified atom stereocenters. The van der Waals surface area contributed by atoms with Gasteiger partial charge in [0.2, 0.25) is 5.91 Å². The Balaban J connectivity index is 1.72. The fourth-order valence-corrected chi connectivity index (χ4v) is 8.39. The smallest absolute Gasteiger partial charge is 0.220 e. The average molecular weight is 1040 g/mol. The molecule has 0 spiro atoms. The lowest BCUT2D eigenvalue weighted by Gasteiger charge is -2.46. The molecule has 422 valence electrons. The Hall–Kier alpha value is -3.35. The summed E-state index contributed by atoms with van der Waals surface area (Å²) in [7, 11) is 0. The Morgan fingerprint density at radius 1 is 0.500 bits per heavy atom. The fraction of sp³-hybridized carbons (Fsp3) is 0.683. The van der Waals surface area contributed by atoms with E-state index in [-0.39, 0.29) is 18.9 Å². The number of amides is 1. The van der Waals surface area contributed by atoms with Crippen molar-refractivity contribution in [3.63, 3.8) is 0 Å². The lowest BCUT2D eigenvalue weighted by atomic mass is 9.97. The monoisotopic (exact) mass is 1040 g/mol. The first-order chi connectivity index (χ1) is 36.1. The average Bonchev–Trinajstić information content (AvgIpc) is 3.40. The topological polar surface area (TPSA) is 228 Å². The van der Waals surface area contributed by atoms with Gasteiger partial charge in [-0.1, -0.05) is 181 Å². The van der Waals surface area contributed by atoms with Gasteiger partial charge >= 0.3 is 0 Å². The molecule has 2 aliphatic rings. The van der Waals surface area contributed by atoms with Crippen LogP contribution in [0, 0.1) is 0 Å². The number of ether oxygens (including phenoxy) is 4. The number of allylic oxidation sites excluding steroid dienone is 17. The van der Waals surface area contributed by atoms with Gasteiger partial charge in [-0.15, -0.1) is 0 Å². The molecule has 0 radical (unpaired) electrons. The third kappa shape index (κ3) is 30.4. The van der Waals surface area contributed by atoms with Crippen LogP contribution in [0.2, 0.25) is 0 Å². The largest absolute Gasteiger partial charge is 0.394 e. The summed E-state index contributed by atoms with van der Waals surface area (Å²) in [5.41, 5.74) is 0. The van der Waals surface area contributed by atoms with Crippen molar-refractivity contribution in [1.29, 1.82) is 0 Å². The van der Waals surface area contributed by atoms with Gasteiger partial charge in [0, 0.05) is 6.42 Å². The first-order valence-electron chi connectivity index (χ1n) is 28.1. The molecule has 2 rings (SSSR count). The lowest BCUT2D eigenvalue weighted by molar-refractivity contribution is -0.359. The van der Waals surface area contributed by atoms with Crippen molar-refractivity contribution in [2.24, 2.45) is 0 Å². The van der Waals surface area contributed by atoms with Crippen LogP contribution in [-0.2, 0) is 23.7 Å². The van der Waals surface area contributed by atoms with Crippen molar-refractivity contribution in [3.05, 3.63) is 109 Å². The highest BCUT2D eigenvalue weighted by molar-refractivity contribution is 5.76. The molecular formula is C60H99NO13. The van der Waals surface area contributed by atoms with Crippen LogP contribution in [0.4, 0.5) is 0 Å². The molecule has 0 aromatic carbocycles. The maximum Gasteiger partial charge on any atom is 0.220 e. The zero-order valence-electron chi connectivity index (χ0n) is 45.0. The molecule has 14 heteroatoms. The molecule has 1 amide bonds. The van der Waals surface area contributed by atoms with Crippen LogP contribution in [0.15, 0.2) is 109 Å². The fourth-order valence-electron chi connectivity index (χ4n) is 8.39. The van der Waals surface area contributed by atoms with Crippen molar-refractivity contribution in [1.82, 2.24) is 5.32 Å². The first-order valence-corrected chi connectivity index (χ1v) is 28.1. The van der Waals surface area contributed by atoms with Crippen molar-refractivity contribution < 1.29 is 64.6 Å². The molecule has 2 saturated heterocycles. The summed E-state index contributed by atoms with van der Waals surface area (Å²) in [6.07, 6.45) is 45.7. The highest BCUT2D eigenvalue weighted by atomic mass is 16.7. The van der Waals surface area contributed by atoms with E-state index in [2.05, 4.69) is 116 Å². The number of rotatable bonds is 42. The quantitative estimate of drug-likeness (QED) is 0.0206. The van der Waals surface area contributed by atoms with Gasteiger partial charge in [0.1, 0.15) is 48.8 Å². The van der Waals surface area contributed by atoms with Gasteiger partial charge in [0.25, 0.3) is 0 Å². The number of carbonyl (C=O) groups excluding carboxylic acids is 1. The van der Waals surface area contributed by atoms with Gasteiger partial charge in [-0.3, -0.25) is 4.79 Å². The Morgan fingerprint density at radius 3 is 1.47 bits per heavy atom. The number of aliphatic hydroxyl groups is 8. The highest BCUT2D eigenvalue weighted by Crippen LogP contribution is 2.30. The molecule has 9 N–H and O–H groups in total. The van der Waals surface area contributed by atoms with Crippen molar-refractivity contribution in [2.75, 3.05) is 19.8 Å². The minimum absolute atomic E-state index is 0.257. The summed E-state index contributed by atoms with van der Waals surface area (Å²) in [6, 6.07) is -0.946. The van der Waals surface area contributed by atoms with Crippen LogP contribution in [0.25, 0.3) is 0 Å². The van der Waals surface area contributed by atoms with E-state index in [1.807, 2.05) is 6.08 Å². The standard InChI is InChI=1S/C60H99NO13/c1-3-5-7-9-11-13-15-16-17-18-19-20-21-22-23-24-25-26-27-28-29-30-31-32-34-36-38-40-42-44-52(65)61-48(49(64)43-41-39-37-35-33-14-12-10-8-6-4-2)47-71-59-57(70)55(68)58(51(46-63)73-59)74-60-56(69)54(67)53(66)50(45-62)72-60/h5,7-8,10-11,13,16-17,19-20,22-23,25-26,33,35,41,43,48-51,53-60,62-64,66-70H,3-4,6,9,12,14-15,18,21,24,27-32,34,36-40,42,44-47H2,1-2H3,(H,61,65)/b7-5-,10-8+,13-11-,17-16-,20-19-,23-22-,26-25-,35-33+,43-41+. The number of aliphatic hydroxyl groups excluding tert-OH is 8. The second kappa shape index (κ2) is 44.7. The molecule has 74 heavy (non-hydrogen) atoms. The Morgan fingerprint density at radius 2 is 0.946 bits per heavy atom. The third-order valence-corrected chi connectivity index (χ3v) is 12.9. The summed E-state index contributed by atoms with van der Waals surface area (Å²) in [6.45, 7) is 2.54. The van der Waals surface area contributed by atoms with E-state index < -0.39 is 86.8 Å². The highest BCUT2D eigenvalue weighted by Gasteiger charge is 2.51. The van der Waals surface area contributed by atoms with Crippen LogP contribution in [0.1, 0.15) is 168 Å². The normalized spacial score (nSPS) is 26.1. The third-order valence-electron chi connectivity index (χ3n) is 12.9. The SMILES string of the molecule is CC/C=C\C/C=C\C/C=C\C/C=C\C/C=C\C/C=C\CCCCCCCCCCCCC(=O)NC(COC1OC(CO)C(OC2OC(CO)C(O)C(O)C2O)C(O)C1O)C(O)/C=C/CC/C=C/CC/C=C/CCC. The first kappa shape index (κ1) is 66.8. The molecule has 0 aliphatic carbocycles. The van der Waals surface area contributed by atoms with Crippen molar-refractivity contribution in [3.8, 4) is 0 Å². The summed E-state index contributed by atoms with van der Waals surface area (Å²) >= 11 is 0. The lowest BCUT2D eigenvalue weighted by Crippen LogP contribution is -2.65. The zero-order chi connectivity index (χ0) is 53.9. The maximum atomic E-state index is 13.2. The molecule has 0 aromatic heterocycles. The number of carbonyl (C=O) groups is 1. The van der Waals surface area contributed by atoms with Crippen LogP contribution < -0.4 is 5.32 Å². The molecule has 0 bridgehead atoms. The van der Waals surface area contributed by atoms with Gasteiger partial charge < -0.3 is 65.1 Å². The van der Waals surface area contributed by atoms with E-state index in [9.17, 15) is 45.6 Å². The summed E-state index contributed by atoms with van der Waals surface area (Å²) in [5, 5.41) is 86.8. The molecule has 0 saturated carbocycles. The minimum Gasteiger partial charge on any atom is -0.394 e. The molecule has 2 heterocycles. The van der Waals surface area contributed by atoms with Gasteiger partial charge in [-0.05, 0) is 89.9 Å². The van der Waals surface area contributed by atoms with Crippen LogP contribution in [0.3, 0.4) is 0 Å². The number of unbranched alkanes of at least 4 members (excludes halogenated alkanes) is 13. The van der Waals surface area contributed by atoms with Gasteiger partial charge in [-0.2, -0.15) is 0 Å². The number of hydrogen-bond donors (Lipinski definition) is 9. The minimum atomic E-state index is -1.80. The van der Waals surface area contributed by atoms with E-state index in [4.69, 9.17) is 18.9 Å². The van der Waals surface area contributed by atoms with Crippen LogP contribution in [-0.4, -0.2) is 140 Å². The van der Waals surface area contributed by atoms with Crippen LogP contribution >= 0.6 is 0 Å². The predicted octanol–water partition coefficient (Wildman–Crippen LogP) is 8.88. The second-order valence-electron chi connectivity index (χ2n) is 19.3. The maximum absolute atomic E-state index is 13.2. The van der Waals surface area contributed by atoms with E-state index in [1.165, 1.54) is 38.5 Å². The molecule has 14 nitrogen and oxygen atoms in total. The van der Waals surface area contributed by atoms with Gasteiger partial charge in [-0.25, -0.2) is 0 Å². The molecule has 2 aliphatic heterocycles. The number of hydrogen-bond acceptors (Lipinski definition) is 13. The molecule has 2 fully saturated rings. The van der Waals surface area contributed by atoms with Crippen LogP contribution in [0.5, 0.6) is 0 Å². The molecule has 12 atom stereocenters. The molecular weight excluding hydrogens is 943 g/mol. The van der Waals surface area contributed by atoms with Crippen molar-refractivity contribution in [2.45, 2.75) is 242 Å². The summed E-state index contributed by atoms with van der Waals surface area (Å²) in [4.78, 5) is 13.2. The zero-order valence-corrected chi connectivity index (χ0v) is 45.0. The van der Waals surface area contributed by atoms with Gasteiger partial charge in [0.05, 0.1) is 32.0 Å². The van der Waals surface area contributed by atoms with Crippen molar-refractivity contribution >= 4 is 5.91 Å². The Bertz CT molecular complexity index is 1650. The summed E-state index contributed by atoms with van der Waals surface area (Å²) < 4.78 is 22.7. The molecule has 0 aromatic rings. The van der Waals surface area contributed by atoms with E-state index in [0.717, 1.165) is 96.3 Å². The van der Waals surface area contributed by atoms with Gasteiger partial charge in [0.15, 0.2) is 12.6 Å². The Kier molecular flexibility index (Phi) is 40.4. The van der Waals surface area contributed by atoms with E-state index in [1.54, 1.807) is 6.08 Å².